The van der Waals surface area contributed by atoms with E-state index in [0.29, 0.717) is 12.6 Å². The van der Waals surface area contributed by atoms with Gasteiger partial charge in [0, 0.05) is 35.7 Å². The maximum absolute atomic E-state index is 9.30. The van der Waals surface area contributed by atoms with Crippen molar-refractivity contribution in [2.75, 3.05) is 18.1 Å². The highest BCUT2D eigenvalue weighted by Crippen LogP contribution is 2.33. The van der Waals surface area contributed by atoms with Crippen LogP contribution in [0.5, 0.6) is 0 Å². The van der Waals surface area contributed by atoms with Gasteiger partial charge in [-0.05, 0) is 25.8 Å². The Kier molecular flexibility index (Phi) is 3.41. The van der Waals surface area contributed by atoms with Gasteiger partial charge in [-0.1, -0.05) is 0 Å². The largest absolute Gasteiger partial charge is 0.395 e. The van der Waals surface area contributed by atoms with E-state index in [-0.39, 0.29) is 13.2 Å². The number of hydrogen-bond donors (Lipinski definition) is 2. The van der Waals surface area contributed by atoms with Gasteiger partial charge in [0.05, 0.1) is 13.2 Å². The number of anilines is 1. The molecule has 1 aliphatic carbocycles. The van der Waals surface area contributed by atoms with Gasteiger partial charge in [-0.3, -0.25) is 4.98 Å². The molecule has 0 atom stereocenters. The SMILES string of the molecule is Cc1cc(N(CCO)C2CC2)c(CO)cn1. The predicted molar refractivity (Wildman–Crippen MR) is 62.4 cm³/mol. The second-order valence-electron chi connectivity index (χ2n) is 4.26. The molecule has 0 aromatic carbocycles. The van der Waals surface area contributed by atoms with Crippen LogP contribution in [0, 0.1) is 6.92 Å². The third kappa shape index (κ3) is 2.33. The van der Waals surface area contributed by atoms with Crippen molar-refractivity contribution in [2.45, 2.75) is 32.4 Å². The van der Waals surface area contributed by atoms with Crippen LogP contribution in [0.25, 0.3) is 0 Å². The third-order valence-corrected chi connectivity index (χ3v) is 2.91. The van der Waals surface area contributed by atoms with Crippen molar-refractivity contribution in [1.29, 1.82) is 0 Å². The molecule has 0 spiro atoms. The molecule has 88 valence electrons. The number of aliphatic hydroxyl groups excluding tert-OH is 2. The number of rotatable bonds is 5. The summed E-state index contributed by atoms with van der Waals surface area (Å²) in [4.78, 5) is 6.36. The van der Waals surface area contributed by atoms with Crippen molar-refractivity contribution in [3.8, 4) is 0 Å². The maximum Gasteiger partial charge on any atom is 0.0717 e. The van der Waals surface area contributed by atoms with Crippen molar-refractivity contribution in [3.05, 3.63) is 23.5 Å². The van der Waals surface area contributed by atoms with Crippen LogP contribution in [0.2, 0.25) is 0 Å². The Morgan fingerprint density at radius 2 is 2.19 bits per heavy atom. The minimum Gasteiger partial charge on any atom is -0.395 e. The Bertz CT molecular complexity index is 364. The second-order valence-corrected chi connectivity index (χ2v) is 4.26. The fourth-order valence-electron chi connectivity index (χ4n) is 1.96. The van der Waals surface area contributed by atoms with E-state index in [9.17, 15) is 5.11 Å². The Labute approximate surface area is 95.5 Å². The van der Waals surface area contributed by atoms with Crippen LogP contribution in [0.3, 0.4) is 0 Å². The molecule has 16 heavy (non-hydrogen) atoms. The molecule has 1 fully saturated rings. The topological polar surface area (TPSA) is 56.6 Å². The molecule has 1 aromatic rings. The van der Waals surface area contributed by atoms with Gasteiger partial charge in [0.1, 0.15) is 0 Å². The zero-order chi connectivity index (χ0) is 11.5. The molecule has 1 aliphatic rings. The molecule has 0 aliphatic heterocycles. The van der Waals surface area contributed by atoms with Gasteiger partial charge in [0.2, 0.25) is 0 Å². The van der Waals surface area contributed by atoms with Gasteiger partial charge in [0.15, 0.2) is 0 Å². The highest BCUT2D eigenvalue weighted by molar-refractivity contribution is 5.55. The van der Waals surface area contributed by atoms with E-state index in [0.717, 1.165) is 16.9 Å². The summed E-state index contributed by atoms with van der Waals surface area (Å²) < 4.78 is 0. The maximum atomic E-state index is 9.30. The number of aryl methyl sites for hydroxylation is 1. The van der Waals surface area contributed by atoms with Crippen molar-refractivity contribution in [1.82, 2.24) is 4.98 Å². The minimum atomic E-state index is -0.00272. The Balaban J connectivity index is 2.30. The van der Waals surface area contributed by atoms with E-state index in [1.807, 2.05) is 13.0 Å². The summed E-state index contributed by atoms with van der Waals surface area (Å²) in [7, 11) is 0. The normalized spacial score (nSPS) is 15.2. The monoisotopic (exact) mass is 222 g/mol. The van der Waals surface area contributed by atoms with E-state index in [2.05, 4.69) is 9.88 Å². The summed E-state index contributed by atoms with van der Waals surface area (Å²) in [5.74, 6) is 0. The zero-order valence-corrected chi connectivity index (χ0v) is 9.56. The summed E-state index contributed by atoms with van der Waals surface area (Å²) in [5, 5.41) is 18.4. The van der Waals surface area contributed by atoms with Gasteiger partial charge >= 0.3 is 0 Å². The third-order valence-electron chi connectivity index (χ3n) is 2.91. The molecule has 0 radical (unpaired) electrons. The van der Waals surface area contributed by atoms with Crippen LogP contribution in [0.15, 0.2) is 12.3 Å². The van der Waals surface area contributed by atoms with Gasteiger partial charge in [-0.25, -0.2) is 0 Å². The number of pyridine rings is 1. The van der Waals surface area contributed by atoms with Crippen LogP contribution in [-0.4, -0.2) is 34.4 Å². The van der Waals surface area contributed by atoms with Crippen LogP contribution in [0.4, 0.5) is 5.69 Å². The van der Waals surface area contributed by atoms with Crippen LogP contribution < -0.4 is 4.90 Å². The van der Waals surface area contributed by atoms with E-state index < -0.39 is 0 Å². The molecule has 0 unspecified atom stereocenters. The number of hydrogen-bond acceptors (Lipinski definition) is 4. The zero-order valence-electron chi connectivity index (χ0n) is 9.56. The highest BCUT2D eigenvalue weighted by atomic mass is 16.3. The molecule has 2 rings (SSSR count). The van der Waals surface area contributed by atoms with Crippen molar-refractivity contribution >= 4 is 5.69 Å². The lowest BCUT2D eigenvalue weighted by molar-refractivity contribution is 0.280. The lowest BCUT2D eigenvalue weighted by atomic mass is 10.2. The Hall–Kier alpha value is -1.13. The number of aromatic nitrogens is 1. The van der Waals surface area contributed by atoms with Crippen LogP contribution in [-0.2, 0) is 6.61 Å². The second kappa shape index (κ2) is 4.80. The van der Waals surface area contributed by atoms with Gasteiger partial charge in [-0.2, -0.15) is 0 Å². The number of aliphatic hydroxyl groups is 2. The lowest BCUT2D eigenvalue weighted by Gasteiger charge is -2.26. The molecule has 2 N–H and O–H groups in total. The highest BCUT2D eigenvalue weighted by Gasteiger charge is 2.30. The molecular weight excluding hydrogens is 204 g/mol. The molecule has 1 saturated carbocycles. The van der Waals surface area contributed by atoms with Crippen LogP contribution in [0.1, 0.15) is 24.1 Å². The number of nitrogens with zero attached hydrogens (tertiary/aromatic N) is 2. The Morgan fingerprint density at radius 3 is 2.75 bits per heavy atom. The van der Waals surface area contributed by atoms with E-state index in [1.54, 1.807) is 6.20 Å². The van der Waals surface area contributed by atoms with E-state index >= 15 is 0 Å². The van der Waals surface area contributed by atoms with Crippen molar-refractivity contribution < 1.29 is 10.2 Å². The molecule has 0 saturated heterocycles. The van der Waals surface area contributed by atoms with Crippen LogP contribution >= 0.6 is 0 Å². The average Bonchev–Trinajstić information content (AvgIpc) is 3.10. The smallest absolute Gasteiger partial charge is 0.0717 e. The molecule has 0 bridgehead atoms. The van der Waals surface area contributed by atoms with Crippen molar-refractivity contribution in [2.24, 2.45) is 0 Å². The minimum absolute atomic E-state index is 0.00272. The fourth-order valence-corrected chi connectivity index (χ4v) is 1.96. The van der Waals surface area contributed by atoms with E-state index in [4.69, 9.17) is 5.11 Å². The summed E-state index contributed by atoms with van der Waals surface area (Å²) in [5.41, 5.74) is 2.80. The first kappa shape index (κ1) is 11.4. The first-order chi connectivity index (χ1) is 7.76. The molecule has 4 heteroatoms. The molecule has 4 nitrogen and oxygen atoms in total. The van der Waals surface area contributed by atoms with Gasteiger partial charge in [0.25, 0.3) is 0 Å². The molecule has 0 amide bonds. The van der Waals surface area contributed by atoms with Gasteiger partial charge in [-0.15, -0.1) is 0 Å². The van der Waals surface area contributed by atoms with E-state index in [1.165, 1.54) is 12.8 Å². The predicted octanol–water partition coefficient (Wildman–Crippen LogP) is 0.843. The lowest BCUT2D eigenvalue weighted by Crippen LogP contribution is -2.30. The average molecular weight is 222 g/mol. The standard InChI is InChI=1S/C12H18N2O2/c1-9-6-12(10(8-16)7-13-9)14(4-5-15)11-2-3-11/h6-7,11,15-16H,2-5,8H2,1H3. The first-order valence-corrected chi connectivity index (χ1v) is 5.70. The fraction of sp³-hybridized carbons (Fsp3) is 0.583. The first-order valence-electron chi connectivity index (χ1n) is 5.70. The summed E-state index contributed by atoms with van der Waals surface area (Å²) in [6, 6.07) is 2.51. The summed E-state index contributed by atoms with van der Waals surface area (Å²) in [6.07, 6.45) is 4.07. The van der Waals surface area contributed by atoms with Crippen molar-refractivity contribution in [3.63, 3.8) is 0 Å². The summed E-state index contributed by atoms with van der Waals surface area (Å²) >= 11 is 0. The molecular formula is C12H18N2O2. The summed E-state index contributed by atoms with van der Waals surface area (Å²) in [6.45, 7) is 2.70. The molecule has 1 aromatic heterocycles. The quantitative estimate of drug-likeness (QED) is 0.775. The van der Waals surface area contributed by atoms with Gasteiger partial charge < -0.3 is 15.1 Å². The Morgan fingerprint density at radius 1 is 1.44 bits per heavy atom. The molecule has 1 heterocycles.